The summed E-state index contributed by atoms with van der Waals surface area (Å²) in [7, 11) is 0. The van der Waals surface area contributed by atoms with Crippen molar-refractivity contribution in [1.82, 2.24) is 20.0 Å². The van der Waals surface area contributed by atoms with E-state index in [2.05, 4.69) is 10.4 Å². The highest BCUT2D eigenvalue weighted by Gasteiger charge is 2.28. The summed E-state index contributed by atoms with van der Waals surface area (Å²) >= 11 is 0. The van der Waals surface area contributed by atoms with Gasteiger partial charge in [0.1, 0.15) is 11.5 Å². The molecule has 8 nitrogen and oxygen atoms in total. The highest BCUT2D eigenvalue weighted by molar-refractivity contribution is 6.00. The van der Waals surface area contributed by atoms with Gasteiger partial charge in [-0.2, -0.15) is 10.4 Å². The summed E-state index contributed by atoms with van der Waals surface area (Å²) in [6.07, 6.45) is 0.255. The molecule has 0 bridgehead atoms. The third-order valence-electron chi connectivity index (χ3n) is 4.66. The molecule has 0 fully saturated rings. The van der Waals surface area contributed by atoms with Gasteiger partial charge in [-0.1, -0.05) is 0 Å². The number of hydrogen-bond acceptors (Lipinski definition) is 5. The van der Waals surface area contributed by atoms with Crippen molar-refractivity contribution >= 4 is 11.8 Å². The van der Waals surface area contributed by atoms with E-state index in [1.165, 1.54) is 6.07 Å². The van der Waals surface area contributed by atoms with Crippen LogP contribution in [0.25, 0.3) is 11.3 Å². The first-order chi connectivity index (χ1) is 13.4. The number of nitriles is 1. The number of carbonyl (C=O) groups is 2. The molecule has 28 heavy (non-hydrogen) atoms. The van der Waals surface area contributed by atoms with Crippen LogP contribution in [0.3, 0.4) is 0 Å². The highest BCUT2D eigenvalue weighted by Crippen LogP contribution is 2.29. The maximum atomic E-state index is 13.6. The van der Waals surface area contributed by atoms with Crippen molar-refractivity contribution in [3.05, 3.63) is 40.8 Å². The molecule has 1 aliphatic heterocycles. The fourth-order valence-electron chi connectivity index (χ4n) is 3.27. The van der Waals surface area contributed by atoms with E-state index in [1.54, 1.807) is 23.7 Å². The highest BCUT2D eigenvalue weighted by atomic mass is 19.1. The Bertz CT molecular complexity index is 962. The van der Waals surface area contributed by atoms with Crippen LogP contribution < -0.4 is 11.1 Å². The van der Waals surface area contributed by atoms with Crippen LogP contribution in [0.4, 0.5) is 4.39 Å². The molecule has 0 saturated carbocycles. The van der Waals surface area contributed by atoms with Crippen LogP contribution in [-0.2, 0) is 17.9 Å². The van der Waals surface area contributed by atoms with Gasteiger partial charge in [-0.05, 0) is 30.7 Å². The van der Waals surface area contributed by atoms with Crippen LogP contribution in [0.2, 0.25) is 0 Å². The quantitative estimate of drug-likeness (QED) is 0.719. The van der Waals surface area contributed by atoms with E-state index in [4.69, 9.17) is 11.0 Å². The smallest absolute Gasteiger partial charge is 0.252 e. The standard InChI is InChI=1S/C19H21FN6O2/c1-12-9-13(3-4-14(12)20)18-17(19(22)28)15-10-25(7-8-26(15)24-18)11-16(27)23-6-2-5-21/h3-4,9H,2,6-8,10-11H2,1H3,(H2,22,28)(H,23,27). The van der Waals surface area contributed by atoms with Crippen LogP contribution in [0.5, 0.6) is 0 Å². The van der Waals surface area contributed by atoms with Gasteiger partial charge in [0.25, 0.3) is 5.91 Å². The summed E-state index contributed by atoms with van der Waals surface area (Å²) in [6, 6.07) is 6.52. The molecule has 0 unspecified atom stereocenters. The maximum Gasteiger partial charge on any atom is 0.252 e. The van der Waals surface area contributed by atoms with Crippen molar-refractivity contribution in [3.63, 3.8) is 0 Å². The van der Waals surface area contributed by atoms with Crippen LogP contribution in [0, 0.1) is 24.1 Å². The fourth-order valence-corrected chi connectivity index (χ4v) is 3.27. The van der Waals surface area contributed by atoms with E-state index in [1.807, 2.05) is 11.0 Å². The molecule has 1 aliphatic rings. The zero-order valence-corrected chi connectivity index (χ0v) is 15.5. The zero-order chi connectivity index (χ0) is 20.3. The number of rotatable bonds is 6. The molecule has 146 valence electrons. The summed E-state index contributed by atoms with van der Waals surface area (Å²) in [5.74, 6) is -1.13. The van der Waals surface area contributed by atoms with Gasteiger partial charge in [0.2, 0.25) is 5.91 Å². The van der Waals surface area contributed by atoms with Crippen molar-refractivity contribution in [3.8, 4) is 17.3 Å². The molecule has 2 heterocycles. The average molecular weight is 384 g/mol. The van der Waals surface area contributed by atoms with E-state index in [0.717, 1.165) is 0 Å². The molecule has 0 saturated heterocycles. The molecule has 2 amide bonds. The number of benzene rings is 1. The lowest BCUT2D eigenvalue weighted by molar-refractivity contribution is -0.122. The molecule has 0 aliphatic carbocycles. The van der Waals surface area contributed by atoms with Gasteiger partial charge in [-0.3, -0.25) is 19.2 Å². The number of nitrogens with two attached hydrogens (primary N) is 1. The number of primary amides is 1. The molecular formula is C19H21FN6O2. The van der Waals surface area contributed by atoms with Crippen molar-refractivity contribution < 1.29 is 14.0 Å². The molecule has 3 rings (SSSR count). The normalized spacial score (nSPS) is 13.6. The minimum absolute atomic E-state index is 0.153. The average Bonchev–Trinajstić information content (AvgIpc) is 3.03. The Kier molecular flexibility index (Phi) is 5.70. The number of carbonyl (C=O) groups excluding carboxylic acids is 2. The third-order valence-corrected chi connectivity index (χ3v) is 4.66. The Morgan fingerprint density at radius 1 is 1.39 bits per heavy atom. The predicted molar refractivity (Wildman–Crippen MR) is 99.4 cm³/mol. The van der Waals surface area contributed by atoms with Crippen molar-refractivity contribution in [2.75, 3.05) is 19.6 Å². The van der Waals surface area contributed by atoms with Gasteiger partial charge in [0, 0.05) is 25.2 Å². The summed E-state index contributed by atoms with van der Waals surface area (Å²) in [5, 5.41) is 15.7. The lowest BCUT2D eigenvalue weighted by Gasteiger charge is -2.27. The molecule has 1 aromatic heterocycles. The molecule has 1 aromatic carbocycles. The topological polar surface area (TPSA) is 117 Å². The molecule has 3 N–H and O–H groups in total. The first-order valence-corrected chi connectivity index (χ1v) is 8.92. The Morgan fingerprint density at radius 2 is 2.18 bits per heavy atom. The number of halogens is 1. The van der Waals surface area contributed by atoms with E-state index in [0.29, 0.717) is 54.3 Å². The van der Waals surface area contributed by atoms with Crippen molar-refractivity contribution in [1.29, 1.82) is 5.26 Å². The fraction of sp³-hybridized carbons (Fsp3) is 0.368. The number of aryl methyl sites for hydroxylation is 1. The third kappa shape index (κ3) is 4.02. The Labute approximate surface area is 161 Å². The largest absolute Gasteiger partial charge is 0.365 e. The lowest BCUT2D eigenvalue weighted by atomic mass is 10.0. The second kappa shape index (κ2) is 8.19. The van der Waals surface area contributed by atoms with Crippen LogP contribution in [0.15, 0.2) is 18.2 Å². The van der Waals surface area contributed by atoms with Gasteiger partial charge >= 0.3 is 0 Å². The Balaban J connectivity index is 1.85. The van der Waals surface area contributed by atoms with E-state index >= 15 is 0 Å². The van der Waals surface area contributed by atoms with Gasteiger partial charge < -0.3 is 11.1 Å². The summed E-state index contributed by atoms with van der Waals surface area (Å²) in [4.78, 5) is 26.0. The van der Waals surface area contributed by atoms with Gasteiger partial charge in [0.15, 0.2) is 0 Å². The number of amides is 2. The minimum atomic E-state index is -0.612. The van der Waals surface area contributed by atoms with E-state index in [-0.39, 0.29) is 24.7 Å². The molecule has 2 aromatic rings. The Morgan fingerprint density at radius 3 is 2.86 bits per heavy atom. The van der Waals surface area contributed by atoms with E-state index < -0.39 is 5.91 Å². The van der Waals surface area contributed by atoms with E-state index in [9.17, 15) is 14.0 Å². The maximum absolute atomic E-state index is 13.6. The van der Waals surface area contributed by atoms with Crippen LogP contribution in [-0.4, -0.2) is 46.1 Å². The summed E-state index contributed by atoms with van der Waals surface area (Å²) in [6.45, 7) is 3.53. The summed E-state index contributed by atoms with van der Waals surface area (Å²) in [5.41, 5.74) is 8.05. The second-order valence-electron chi connectivity index (χ2n) is 6.69. The van der Waals surface area contributed by atoms with Crippen molar-refractivity contribution in [2.24, 2.45) is 5.73 Å². The zero-order valence-electron chi connectivity index (χ0n) is 15.5. The number of fused-ring (bicyclic) bond motifs is 1. The Hall–Kier alpha value is -3.25. The predicted octanol–water partition coefficient (Wildman–Crippen LogP) is 0.942. The number of nitrogens with zero attached hydrogens (tertiary/aromatic N) is 4. The number of hydrogen-bond donors (Lipinski definition) is 2. The monoisotopic (exact) mass is 384 g/mol. The van der Waals surface area contributed by atoms with Crippen LogP contribution in [0.1, 0.15) is 28.0 Å². The molecule has 0 atom stereocenters. The second-order valence-corrected chi connectivity index (χ2v) is 6.69. The first-order valence-electron chi connectivity index (χ1n) is 8.92. The summed E-state index contributed by atoms with van der Waals surface area (Å²) < 4.78 is 15.3. The molecule has 0 radical (unpaired) electrons. The first kappa shape index (κ1) is 19.5. The molecule has 9 heteroatoms. The lowest BCUT2D eigenvalue weighted by Crippen LogP contribution is -2.42. The van der Waals surface area contributed by atoms with Gasteiger partial charge in [-0.15, -0.1) is 0 Å². The number of aromatic nitrogens is 2. The minimum Gasteiger partial charge on any atom is -0.365 e. The molecular weight excluding hydrogens is 363 g/mol. The van der Waals surface area contributed by atoms with Gasteiger partial charge in [0.05, 0.1) is 36.8 Å². The van der Waals surface area contributed by atoms with Gasteiger partial charge in [-0.25, -0.2) is 4.39 Å². The molecule has 0 spiro atoms. The van der Waals surface area contributed by atoms with Crippen molar-refractivity contribution in [2.45, 2.75) is 26.4 Å². The van der Waals surface area contributed by atoms with Crippen LogP contribution >= 0.6 is 0 Å². The number of nitrogens with one attached hydrogen (secondary N) is 1. The SMILES string of the molecule is Cc1cc(-c2nn3c(c2C(N)=O)CN(CC(=O)NCCC#N)CC3)ccc1F.